The van der Waals surface area contributed by atoms with E-state index in [2.05, 4.69) is 0 Å². The lowest BCUT2D eigenvalue weighted by molar-refractivity contribution is 0.0917. The summed E-state index contributed by atoms with van der Waals surface area (Å²) in [5.41, 5.74) is 0.824. The van der Waals surface area contributed by atoms with E-state index < -0.39 is 10.0 Å². The van der Waals surface area contributed by atoms with E-state index >= 15 is 0 Å². The number of rotatable bonds is 4. The van der Waals surface area contributed by atoms with E-state index in [1.807, 2.05) is 12.1 Å². The predicted octanol–water partition coefficient (Wildman–Crippen LogP) is 4.25. The second-order valence-corrected chi connectivity index (χ2v) is 8.30. The minimum absolute atomic E-state index is 0.0618. The van der Waals surface area contributed by atoms with Crippen molar-refractivity contribution in [1.29, 1.82) is 0 Å². The topological polar surface area (TPSA) is 56.1 Å². The molecule has 0 radical (unpaired) electrons. The van der Waals surface area contributed by atoms with Gasteiger partial charge in [-0.25, -0.2) is 12.4 Å². The van der Waals surface area contributed by atoms with Crippen LogP contribution in [0.5, 0.6) is 0 Å². The van der Waals surface area contributed by atoms with E-state index in [9.17, 15) is 13.2 Å². The highest BCUT2D eigenvalue weighted by Crippen LogP contribution is 2.32. The summed E-state index contributed by atoms with van der Waals surface area (Å²) < 4.78 is 27.8. The largest absolute Gasteiger partial charge is 0.292 e. The number of carbonyl (C=O) groups excluding carboxylic acids is 1. The van der Waals surface area contributed by atoms with Gasteiger partial charge < -0.3 is 0 Å². The molecule has 1 aromatic heterocycles. The van der Waals surface area contributed by atoms with Crippen molar-refractivity contribution in [2.45, 2.75) is 30.6 Å². The maximum Gasteiger partial charge on any atom is 0.268 e. The summed E-state index contributed by atoms with van der Waals surface area (Å²) in [6.45, 7) is 0. The van der Waals surface area contributed by atoms with Gasteiger partial charge in [0.05, 0.1) is 10.4 Å². The normalized spacial score (nSPS) is 15.7. The van der Waals surface area contributed by atoms with Crippen LogP contribution >= 0.6 is 0 Å². The molecule has 2 aromatic carbocycles. The molecule has 0 spiro atoms. The van der Waals surface area contributed by atoms with E-state index in [-0.39, 0.29) is 22.3 Å². The summed E-state index contributed by atoms with van der Waals surface area (Å²) in [5, 5.41) is 0.767. The van der Waals surface area contributed by atoms with Gasteiger partial charge >= 0.3 is 0 Å². The van der Waals surface area contributed by atoms with Crippen molar-refractivity contribution < 1.29 is 13.2 Å². The third-order valence-corrected chi connectivity index (χ3v) is 6.67. The van der Waals surface area contributed by atoms with Crippen LogP contribution in [0.1, 0.15) is 36.2 Å². The maximum atomic E-state index is 13.3. The molecule has 25 heavy (non-hydrogen) atoms. The summed E-state index contributed by atoms with van der Waals surface area (Å²) in [6.07, 6.45) is 3.74. The Balaban J connectivity index is 1.95. The Morgan fingerprint density at radius 2 is 1.56 bits per heavy atom. The monoisotopic (exact) mass is 353 g/mol. The van der Waals surface area contributed by atoms with Gasteiger partial charge in [-0.1, -0.05) is 49.2 Å². The fraction of sp³-hybridized carbons (Fsp3) is 0.250. The Bertz CT molecular complexity index is 1030. The Hall–Kier alpha value is -2.40. The van der Waals surface area contributed by atoms with Crippen LogP contribution in [0.25, 0.3) is 10.9 Å². The molecule has 1 aliphatic rings. The number of ketones is 1. The first-order valence-electron chi connectivity index (χ1n) is 8.54. The zero-order chi connectivity index (χ0) is 17.4. The summed E-state index contributed by atoms with van der Waals surface area (Å²) in [7, 11) is -3.83. The van der Waals surface area contributed by atoms with Crippen LogP contribution in [-0.4, -0.2) is 18.2 Å². The lowest BCUT2D eigenvalue weighted by atomic mass is 10.0. The van der Waals surface area contributed by atoms with E-state index in [1.54, 1.807) is 48.5 Å². The van der Waals surface area contributed by atoms with E-state index in [1.165, 1.54) is 3.97 Å². The second kappa shape index (κ2) is 6.15. The first kappa shape index (κ1) is 16.1. The molecule has 1 fully saturated rings. The molecule has 1 aliphatic carbocycles. The molecule has 5 heteroatoms. The highest BCUT2D eigenvalue weighted by molar-refractivity contribution is 7.90. The summed E-state index contributed by atoms with van der Waals surface area (Å²) >= 11 is 0. The summed E-state index contributed by atoms with van der Waals surface area (Å²) in [4.78, 5) is 13.2. The van der Waals surface area contributed by atoms with Crippen LogP contribution in [0.4, 0.5) is 0 Å². The van der Waals surface area contributed by atoms with Gasteiger partial charge in [0.15, 0.2) is 5.78 Å². The Morgan fingerprint density at radius 1 is 0.920 bits per heavy atom. The molecule has 0 unspecified atom stereocenters. The molecule has 0 aliphatic heterocycles. The number of hydrogen-bond donors (Lipinski definition) is 0. The van der Waals surface area contributed by atoms with Gasteiger partial charge in [-0.15, -0.1) is 0 Å². The quantitative estimate of drug-likeness (QED) is 0.659. The van der Waals surface area contributed by atoms with Crippen molar-refractivity contribution in [3.63, 3.8) is 0 Å². The van der Waals surface area contributed by atoms with E-state index in [0.29, 0.717) is 5.52 Å². The number of hydrogen-bond acceptors (Lipinski definition) is 3. The molecular weight excluding hydrogens is 334 g/mol. The number of aromatic nitrogens is 1. The van der Waals surface area contributed by atoms with E-state index in [0.717, 1.165) is 31.1 Å². The Kier molecular flexibility index (Phi) is 3.96. The van der Waals surface area contributed by atoms with Crippen LogP contribution in [0.3, 0.4) is 0 Å². The van der Waals surface area contributed by atoms with Crippen LogP contribution in [-0.2, 0) is 10.0 Å². The molecular formula is C20H19NO3S. The maximum absolute atomic E-state index is 13.3. The Labute approximate surface area is 147 Å². The van der Waals surface area contributed by atoms with Gasteiger partial charge in [0.25, 0.3) is 10.0 Å². The third-order valence-electron chi connectivity index (χ3n) is 4.93. The minimum atomic E-state index is -3.83. The van der Waals surface area contributed by atoms with Crippen molar-refractivity contribution in [2.75, 3.05) is 0 Å². The lowest BCUT2D eigenvalue weighted by Crippen LogP contribution is -2.21. The van der Waals surface area contributed by atoms with Crippen LogP contribution in [0, 0.1) is 5.92 Å². The van der Waals surface area contributed by atoms with Crippen molar-refractivity contribution >= 4 is 26.7 Å². The number of Topliss-reactive ketones (excluding diaryl/α,β-unsaturated/α-hetero) is 1. The van der Waals surface area contributed by atoms with Crippen LogP contribution in [0.15, 0.2) is 65.6 Å². The zero-order valence-corrected chi connectivity index (χ0v) is 14.6. The molecule has 3 aromatic rings. The second-order valence-electron chi connectivity index (χ2n) is 6.52. The number of nitrogens with zero attached hydrogens (tertiary/aromatic N) is 1. The molecule has 0 amide bonds. The van der Waals surface area contributed by atoms with Gasteiger partial charge in [-0.3, -0.25) is 4.79 Å². The van der Waals surface area contributed by atoms with E-state index in [4.69, 9.17) is 0 Å². The molecule has 0 atom stereocenters. The first-order chi connectivity index (χ1) is 12.1. The van der Waals surface area contributed by atoms with Crippen molar-refractivity contribution in [3.05, 3.63) is 66.4 Å². The minimum Gasteiger partial charge on any atom is -0.292 e. The predicted molar refractivity (Wildman–Crippen MR) is 97.3 cm³/mol. The van der Waals surface area contributed by atoms with Gasteiger partial charge in [0.1, 0.15) is 5.69 Å². The van der Waals surface area contributed by atoms with Crippen molar-refractivity contribution in [3.8, 4) is 0 Å². The molecule has 0 saturated heterocycles. The van der Waals surface area contributed by atoms with Gasteiger partial charge in [-0.2, -0.15) is 0 Å². The zero-order valence-electron chi connectivity index (χ0n) is 13.8. The number of para-hydroxylation sites is 1. The number of carbonyl (C=O) groups is 1. The van der Waals surface area contributed by atoms with Crippen LogP contribution < -0.4 is 0 Å². The molecule has 1 saturated carbocycles. The fourth-order valence-electron chi connectivity index (χ4n) is 3.66. The smallest absolute Gasteiger partial charge is 0.268 e. The fourth-order valence-corrected chi connectivity index (χ4v) is 5.19. The Morgan fingerprint density at radius 3 is 2.28 bits per heavy atom. The highest BCUT2D eigenvalue weighted by atomic mass is 32.2. The molecule has 0 N–H and O–H groups in total. The summed E-state index contributed by atoms with van der Waals surface area (Å²) in [6, 6.07) is 17.2. The third kappa shape index (κ3) is 2.68. The van der Waals surface area contributed by atoms with Crippen molar-refractivity contribution in [2.24, 2.45) is 5.92 Å². The van der Waals surface area contributed by atoms with Gasteiger partial charge in [0.2, 0.25) is 0 Å². The standard InChI is InChI=1S/C20H19NO3S/c22-20(15-8-4-5-9-15)19-14-16-10-6-7-13-18(16)21(19)25(23,24)17-11-2-1-3-12-17/h1-3,6-7,10-15H,4-5,8-9H2. The SMILES string of the molecule is O=C(c1cc2ccccc2n1S(=O)(=O)c1ccccc1)C1CCCC1. The average molecular weight is 353 g/mol. The summed E-state index contributed by atoms with van der Waals surface area (Å²) in [5.74, 6) is -0.137. The molecule has 128 valence electrons. The number of benzene rings is 2. The lowest BCUT2D eigenvalue weighted by Gasteiger charge is -2.13. The molecule has 4 rings (SSSR count). The van der Waals surface area contributed by atoms with Crippen LogP contribution in [0.2, 0.25) is 0 Å². The van der Waals surface area contributed by atoms with Gasteiger partial charge in [-0.05, 0) is 37.1 Å². The molecule has 4 nitrogen and oxygen atoms in total. The molecule has 1 heterocycles. The van der Waals surface area contributed by atoms with Gasteiger partial charge in [0, 0.05) is 11.3 Å². The first-order valence-corrected chi connectivity index (χ1v) is 9.98. The molecule has 0 bridgehead atoms. The average Bonchev–Trinajstić information content (AvgIpc) is 3.29. The highest BCUT2D eigenvalue weighted by Gasteiger charge is 2.31. The number of fused-ring (bicyclic) bond motifs is 1. The van der Waals surface area contributed by atoms with Crippen molar-refractivity contribution in [1.82, 2.24) is 3.97 Å².